The Morgan fingerprint density at radius 3 is 1.60 bits per heavy atom. The molecule has 0 fully saturated rings. The van der Waals surface area contributed by atoms with E-state index in [0.717, 1.165) is 50.1 Å². The molecule has 1 heterocycles. The van der Waals surface area contributed by atoms with Gasteiger partial charge in [-0.1, -0.05) is 191 Å². The number of para-hydroxylation sites is 2. The number of furan rings is 1. The van der Waals surface area contributed by atoms with E-state index >= 15 is 0 Å². The van der Waals surface area contributed by atoms with Crippen molar-refractivity contribution in [3.05, 3.63) is 246 Å². The standard InChI is InChI=1S/C63H45NO/c1-62(2,3)44-31-35-46(36-32-44)64(45-33-29-41(30-34-45)47-21-14-22-52-51-20-9-13-26-60(51)65-61(47)52)59-39-58-54(38-53(59)43-28-27-40-15-4-5-16-42(40)37-43)50-19-8-12-25-57(50)63(58)55-23-10-6-17-48(55)49-18-7-11-24-56(49)63/h4-39H,1-3H3. The minimum absolute atomic E-state index is 0.00786. The smallest absolute Gasteiger partial charge is 0.143 e. The zero-order chi connectivity index (χ0) is 43.4. The summed E-state index contributed by atoms with van der Waals surface area (Å²) in [6.07, 6.45) is 0. The Labute approximate surface area is 379 Å². The van der Waals surface area contributed by atoms with E-state index < -0.39 is 5.41 Å². The number of hydrogen-bond acceptors (Lipinski definition) is 2. The molecule has 0 unspecified atom stereocenters. The van der Waals surface area contributed by atoms with Crippen molar-refractivity contribution in [1.29, 1.82) is 0 Å². The molecule has 65 heavy (non-hydrogen) atoms. The van der Waals surface area contributed by atoms with Crippen molar-refractivity contribution < 1.29 is 4.42 Å². The topological polar surface area (TPSA) is 16.4 Å². The molecule has 0 saturated carbocycles. The Balaban J connectivity index is 1.09. The van der Waals surface area contributed by atoms with E-state index in [-0.39, 0.29) is 5.41 Å². The maximum Gasteiger partial charge on any atom is 0.143 e. The van der Waals surface area contributed by atoms with Gasteiger partial charge in [0.1, 0.15) is 11.2 Å². The molecule has 11 aromatic rings. The number of rotatable bonds is 5. The van der Waals surface area contributed by atoms with Crippen molar-refractivity contribution in [3.63, 3.8) is 0 Å². The predicted molar refractivity (Wildman–Crippen MR) is 272 cm³/mol. The van der Waals surface area contributed by atoms with Crippen LogP contribution in [0.3, 0.4) is 0 Å². The molecule has 2 aliphatic carbocycles. The average molecular weight is 832 g/mol. The molecule has 2 heteroatoms. The predicted octanol–water partition coefficient (Wildman–Crippen LogP) is 17.2. The Hall–Kier alpha value is -7.94. The fraction of sp³-hybridized carbons (Fsp3) is 0.0794. The highest BCUT2D eigenvalue weighted by atomic mass is 16.3. The van der Waals surface area contributed by atoms with Gasteiger partial charge in [-0.05, 0) is 126 Å². The number of benzene rings is 10. The molecule has 2 nitrogen and oxygen atoms in total. The molecular formula is C63H45NO. The molecule has 0 N–H and O–H groups in total. The molecule has 10 aromatic carbocycles. The summed E-state index contributed by atoms with van der Waals surface area (Å²) in [7, 11) is 0. The summed E-state index contributed by atoms with van der Waals surface area (Å²) in [5.74, 6) is 0. The quantitative estimate of drug-likeness (QED) is 0.172. The van der Waals surface area contributed by atoms with Gasteiger partial charge >= 0.3 is 0 Å². The molecule has 0 radical (unpaired) electrons. The van der Waals surface area contributed by atoms with Gasteiger partial charge in [0.05, 0.1) is 11.1 Å². The monoisotopic (exact) mass is 831 g/mol. The van der Waals surface area contributed by atoms with E-state index in [1.165, 1.54) is 72.0 Å². The fourth-order valence-electron chi connectivity index (χ4n) is 11.2. The lowest BCUT2D eigenvalue weighted by atomic mass is 9.70. The summed E-state index contributed by atoms with van der Waals surface area (Å²) >= 11 is 0. The summed E-state index contributed by atoms with van der Waals surface area (Å²) in [6.45, 7) is 6.86. The second-order valence-corrected chi connectivity index (χ2v) is 18.8. The van der Waals surface area contributed by atoms with E-state index in [2.05, 4.69) is 238 Å². The van der Waals surface area contributed by atoms with Crippen LogP contribution in [0, 0.1) is 0 Å². The zero-order valence-corrected chi connectivity index (χ0v) is 36.6. The lowest BCUT2D eigenvalue weighted by molar-refractivity contribution is 0.590. The number of nitrogens with zero attached hydrogens (tertiary/aromatic N) is 1. The fourth-order valence-corrected chi connectivity index (χ4v) is 11.2. The number of anilines is 3. The average Bonchev–Trinajstić information content (AvgIpc) is 3.98. The lowest BCUT2D eigenvalue weighted by Gasteiger charge is -2.33. The maximum absolute atomic E-state index is 6.54. The Morgan fingerprint density at radius 2 is 0.923 bits per heavy atom. The van der Waals surface area contributed by atoms with E-state index in [1.54, 1.807) is 0 Å². The van der Waals surface area contributed by atoms with Gasteiger partial charge < -0.3 is 9.32 Å². The van der Waals surface area contributed by atoms with E-state index in [9.17, 15) is 0 Å². The van der Waals surface area contributed by atoms with Crippen molar-refractivity contribution in [2.24, 2.45) is 0 Å². The van der Waals surface area contributed by atoms with Gasteiger partial charge in [0.15, 0.2) is 0 Å². The van der Waals surface area contributed by atoms with Crippen LogP contribution in [0.4, 0.5) is 17.1 Å². The third-order valence-corrected chi connectivity index (χ3v) is 14.2. The normalized spacial score (nSPS) is 13.3. The second-order valence-electron chi connectivity index (χ2n) is 18.8. The van der Waals surface area contributed by atoms with Gasteiger partial charge in [-0.3, -0.25) is 0 Å². The summed E-state index contributed by atoms with van der Waals surface area (Å²) in [4.78, 5) is 2.49. The van der Waals surface area contributed by atoms with Crippen molar-refractivity contribution in [2.45, 2.75) is 31.6 Å². The van der Waals surface area contributed by atoms with Gasteiger partial charge in [0.25, 0.3) is 0 Å². The van der Waals surface area contributed by atoms with Gasteiger partial charge in [-0.2, -0.15) is 0 Å². The first-order valence-corrected chi connectivity index (χ1v) is 22.7. The minimum atomic E-state index is -0.493. The molecule has 0 atom stereocenters. The summed E-state index contributed by atoms with van der Waals surface area (Å²) < 4.78 is 6.54. The van der Waals surface area contributed by atoms with Crippen molar-refractivity contribution >= 4 is 49.8 Å². The Bertz CT molecular complexity index is 3650. The van der Waals surface area contributed by atoms with E-state index in [4.69, 9.17) is 4.42 Å². The van der Waals surface area contributed by atoms with Crippen molar-refractivity contribution in [1.82, 2.24) is 0 Å². The van der Waals surface area contributed by atoms with Crippen LogP contribution in [-0.2, 0) is 10.8 Å². The molecule has 0 aliphatic heterocycles. The highest BCUT2D eigenvalue weighted by Gasteiger charge is 2.52. The Morgan fingerprint density at radius 1 is 0.385 bits per heavy atom. The molecular weight excluding hydrogens is 787 g/mol. The van der Waals surface area contributed by atoms with Gasteiger partial charge in [0.2, 0.25) is 0 Å². The third-order valence-electron chi connectivity index (χ3n) is 14.2. The van der Waals surface area contributed by atoms with Crippen LogP contribution < -0.4 is 4.90 Å². The zero-order valence-electron chi connectivity index (χ0n) is 36.6. The molecule has 308 valence electrons. The Kier molecular flexibility index (Phi) is 8.12. The van der Waals surface area contributed by atoms with Gasteiger partial charge in [-0.25, -0.2) is 0 Å². The van der Waals surface area contributed by atoms with Crippen LogP contribution in [0.5, 0.6) is 0 Å². The molecule has 0 saturated heterocycles. The van der Waals surface area contributed by atoms with Crippen molar-refractivity contribution in [3.8, 4) is 44.5 Å². The van der Waals surface area contributed by atoms with Gasteiger partial charge in [0, 0.05) is 33.3 Å². The summed E-state index contributed by atoms with van der Waals surface area (Å²) in [6, 6.07) is 81.1. The van der Waals surface area contributed by atoms with Crippen LogP contribution in [0.25, 0.3) is 77.2 Å². The van der Waals surface area contributed by atoms with Crippen LogP contribution in [-0.4, -0.2) is 0 Å². The molecule has 1 spiro atoms. The maximum atomic E-state index is 6.54. The third kappa shape index (κ3) is 5.53. The number of hydrogen-bond donors (Lipinski definition) is 0. The molecule has 0 bridgehead atoms. The summed E-state index contributed by atoms with van der Waals surface area (Å²) in [5, 5.41) is 4.71. The summed E-state index contributed by atoms with van der Waals surface area (Å²) in [5.41, 5.74) is 21.0. The lowest BCUT2D eigenvalue weighted by Crippen LogP contribution is -2.26. The molecule has 0 amide bonds. The van der Waals surface area contributed by atoms with Crippen LogP contribution >= 0.6 is 0 Å². The minimum Gasteiger partial charge on any atom is -0.455 e. The van der Waals surface area contributed by atoms with E-state index in [0.29, 0.717) is 0 Å². The number of fused-ring (bicyclic) bond motifs is 14. The first kappa shape index (κ1) is 37.6. The SMILES string of the molecule is CC(C)(C)c1ccc(N(c2ccc(-c3cccc4c3oc3ccccc34)cc2)c2cc3c(cc2-c2ccc4ccccc4c2)-c2ccccc2C32c3ccccc3-c3ccccc32)cc1. The van der Waals surface area contributed by atoms with Crippen LogP contribution in [0.1, 0.15) is 48.6 Å². The van der Waals surface area contributed by atoms with Crippen LogP contribution in [0.15, 0.2) is 223 Å². The highest BCUT2D eigenvalue weighted by Crippen LogP contribution is 2.64. The van der Waals surface area contributed by atoms with Crippen molar-refractivity contribution in [2.75, 3.05) is 4.90 Å². The van der Waals surface area contributed by atoms with Crippen LogP contribution in [0.2, 0.25) is 0 Å². The first-order valence-electron chi connectivity index (χ1n) is 22.7. The highest BCUT2D eigenvalue weighted by molar-refractivity contribution is 6.10. The largest absolute Gasteiger partial charge is 0.455 e. The first-order chi connectivity index (χ1) is 31.9. The van der Waals surface area contributed by atoms with E-state index in [1.807, 2.05) is 6.07 Å². The molecule has 2 aliphatic rings. The second kappa shape index (κ2) is 14.0. The molecule has 1 aromatic heterocycles. The molecule has 13 rings (SSSR count). The van der Waals surface area contributed by atoms with Gasteiger partial charge in [-0.15, -0.1) is 0 Å².